The van der Waals surface area contributed by atoms with Crippen LogP contribution in [0.25, 0.3) is 0 Å². The molecule has 1 aliphatic rings. The summed E-state index contributed by atoms with van der Waals surface area (Å²) < 4.78 is 0. The zero-order valence-electron chi connectivity index (χ0n) is 14.4. The van der Waals surface area contributed by atoms with Crippen molar-refractivity contribution in [1.29, 1.82) is 0 Å². The van der Waals surface area contributed by atoms with Crippen molar-refractivity contribution in [2.45, 2.75) is 45.3 Å². The van der Waals surface area contributed by atoms with Crippen LogP contribution in [0.2, 0.25) is 0 Å². The van der Waals surface area contributed by atoms with Crippen molar-refractivity contribution in [1.82, 2.24) is 9.80 Å². The molecule has 3 N–H and O–H groups in total. The van der Waals surface area contributed by atoms with E-state index in [0.29, 0.717) is 12.6 Å². The number of carboxylic acids is 1. The van der Waals surface area contributed by atoms with Gasteiger partial charge in [0.25, 0.3) is 0 Å². The van der Waals surface area contributed by atoms with Crippen molar-refractivity contribution in [3.05, 3.63) is 48.3 Å². The summed E-state index contributed by atoms with van der Waals surface area (Å²) in [4.78, 5) is 15.0. The van der Waals surface area contributed by atoms with Gasteiger partial charge in [-0.15, -0.1) is 0 Å². The maximum Gasteiger partial charge on any atom is 0.320 e. The molecule has 0 amide bonds. The molecule has 128 valence electrons. The number of carbonyl (C=O) groups is 1. The van der Waals surface area contributed by atoms with E-state index >= 15 is 0 Å². The summed E-state index contributed by atoms with van der Waals surface area (Å²) in [6.45, 7) is 5.66. The van der Waals surface area contributed by atoms with Gasteiger partial charge in [0, 0.05) is 26.0 Å². The second-order valence-electron chi connectivity index (χ2n) is 5.82. The van der Waals surface area contributed by atoms with Crippen LogP contribution in [0.1, 0.15) is 32.3 Å². The van der Waals surface area contributed by atoms with Crippen LogP contribution in [0.4, 0.5) is 0 Å². The molecule has 2 rings (SSSR count). The highest BCUT2D eigenvalue weighted by molar-refractivity contribution is 5.73. The molecule has 0 aromatic heterocycles. The standard InChI is InChI=1S/C9H18N2.C9H11NO2/c1-4-5-6-11-8-7-10(3)9(11)2;10-8(9(11)12)6-7-4-2-1-3-5-7/h7-9H,4-6H2,1-3H3;1-5,8H,6,10H2,(H,11,12). The topological polar surface area (TPSA) is 69.8 Å². The molecule has 1 heterocycles. The SMILES string of the molecule is CCCCN1C=CN(C)C1C.NC(Cc1ccccc1)C(=O)O. The highest BCUT2D eigenvalue weighted by atomic mass is 16.4. The molecule has 0 saturated carbocycles. The molecule has 0 saturated heterocycles. The number of nitrogens with two attached hydrogens (primary N) is 1. The van der Waals surface area contributed by atoms with Crippen molar-refractivity contribution in [2.24, 2.45) is 5.73 Å². The summed E-state index contributed by atoms with van der Waals surface area (Å²) in [5.41, 5.74) is 6.30. The van der Waals surface area contributed by atoms with Gasteiger partial charge in [-0.2, -0.15) is 0 Å². The molecule has 2 atom stereocenters. The lowest BCUT2D eigenvalue weighted by molar-refractivity contribution is -0.138. The van der Waals surface area contributed by atoms with E-state index in [-0.39, 0.29) is 0 Å². The summed E-state index contributed by atoms with van der Waals surface area (Å²) in [6.07, 6.45) is 7.83. The molecule has 0 spiro atoms. The van der Waals surface area contributed by atoms with Gasteiger partial charge in [0.05, 0.1) is 6.17 Å². The summed E-state index contributed by atoms with van der Waals surface area (Å²) in [5.74, 6) is -0.959. The minimum atomic E-state index is -0.959. The van der Waals surface area contributed by atoms with E-state index in [1.54, 1.807) is 0 Å². The van der Waals surface area contributed by atoms with Crippen LogP contribution in [0, 0.1) is 0 Å². The minimum Gasteiger partial charge on any atom is -0.480 e. The van der Waals surface area contributed by atoms with Gasteiger partial charge >= 0.3 is 5.97 Å². The smallest absolute Gasteiger partial charge is 0.320 e. The van der Waals surface area contributed by atoms with Gasteiger partial charge in [-0.1, -0.05) is 43.7 Å². The quantitative estimate of drug-likeness (QED) is 0.843. The van der Waals surface area contributed by atoms with Gasteiger partial charge in [-0.25, -0.2) is 0 Å². The predicted octanol–water partition coefficient (Wildman–Crippen LogP) is 2.49. The summed E-state index contributed by atoms with van der Waals surface area (Å²) in [7, 11) is 2.12. The molecule has 5 nitrogen and oxygen atoms in total. The van der Waals surface area contributed by atoms with Crippen LogP contribution in [-0.4, -0.2) is 46.7 Å². The molecule has 23 heavy (non-hydrogen) atoms. The second kappa shape index (κ2) is 9.90. The molecule has 2 unspecified atom stereocenters. The number of hydrogen-bond donors (Lipinski definition) is 2. The molecular weight excluding hydrogens is 290 g/mol. The zero-order chi connectivity index (χ0) is 17.2. The highest BCUT2D eigenvalue weighted by Gasteiger charge is 2.16. The number of unbranched alkanes of at least 4 members (excludes halogenated alkanes) is 1. The van der Waals surface area contributed by atoms with Gasteiger partial charge in [0.15, 0.2) is 0 Å². The third-order valence-electron chi connectivity index (χ3n) is 3.95. The molecule has 0 aliphatic carbocycles. The third kappa shape index (κ3) is 6.74. The fourth-order valence-electron chi connectivity index (χ4n) is 2.23. The van der Waals surface area contributed by atoms with E-state index < -0.39 is 12.0 Å². The third-order valence-corrected chi connectivity index (χ3v) is 3.95. The molecule has 0 radical (unpaired) electrons. The molecule has 0 bridgehead atoms. The first-order chi connectivity index (χ1) is 11.0. The van der Waals surface area contributed by atoms with Crippen molar-refractivity contribution < 1.29 is 9.90 Å². The number of benzene rings is 1. The van der Waals surface area contributed by atoms with Crippen molar-refractivity contribution in [3.63, 3.8) is 0 Å². The summed E-state index contributed by atoms with van der Waals surface area (Å²) in [6, 6.07) is 8.54. The second-order valence-corrected chi connectivity index (χ2v) is 5.82. The average Bonchev–Trinajstić information content (AvgIpc) is 2.86. The average molecular weight is 319 g/mol. The lowest BCUT2D eigenvalue weighted by Crippen LogP contribution is -2.33. The number of carboxylic acid groups (broad SMARTS) is 1. The van der Waals surface area contributed by atoms with Crippen molar-refractivity contribution in [3.8, 4) is 0 Å². The van der Waals surface area contributed by atoms with E-state index in [0.717, 1.165) is 5.56 Å². The zero-order valence-corrected chi connectivity index (χ0v) is 14.4. The number of rotatable bonds is 6. The molecule has 1 aromatic rings. The van der Waals surface area contributed by atoms with Crippen molar-refractivity contribution >= 4 is 5.97 Å². The minimum absolute atomic E-state index is 0.385. The fourth-order valence-corrected chi connectivity index (χ4v) is 2.23. The Bertz CT molecular complexity index is 490. The Morgan fingerprint density at radius 3 is 2.43 bits per heavy atom. The van der Waals surface area contributed by atoms with Crippen LogP contribution < -0.4 is 5.73 Å². The first-order valence-corrected chi connectivity index (χ1v) is 8.14. The Kier molecular flexibility index (Phi) is 8.19. The molecular formula is C18H29N3O2. The van der Waals surface area contributed by atoms with Crippen LogP contribution in [0.15, 0.2) is 42.7 Å². The number of aliphatic carboxylic acids is 1. The summed E-state index contributed by atoms with van der Waals surface area (Å²) >= 11 is 0. The molecule has 5 heteroatoms. The lowest BCUT2D eigenvalue weighted by Gasteiger charge is -2.26. The van der Waals surface area contributed by atoms with Gasteiger partial charge in [0.2, 0.25) is 0 Å². The highest BCUT2D eigenvalue weighted by Crippen LogP contribution is 2.13. The normalized spacial score (nSPS) is 17.7. The predicted molar refractivity (Wildman–Crippen MR) is 93.7 cm³/mol. The Labute approximate surface area is 139 Å². The Hall–Kier alpha value is -2.01. The largest absolute Gasteiger partial charge is 0.480 e. The molecule has 1 aromatic carbocycles. The first-order valence-electron chi connectivity index (χ1n) is 8.14. The van der Waals surface area contributed by atoms with Gasteiger partial charge in [-0.05, 0) is 25.3 Å². The van der Waals surface area contributed by atoms with E-state index in [2.05, 4.69) is 43.1 Å². The van der Waals surface area contributed by atoms with Crippen LogP contribution in [0.5, 0.6) is 0 Å². The van der Waals surface area contributed by atoms with E-state index in [1.165, 1.54) is 19.4 Å². The summed E-state index contributed by atoms with van der Waals surface area (Å²) in [5, 5.41) is 8.52. The lowest BCUT2D eigenvalue weighted by atomic mass is 10.1. The van der Waals surface area contributed by atoms with Crippen LogP contribution in [0.3, 0.4) is 0 Å². The van der Waals surface area contributed by atoms with Gasteiger partial charge < -0.3 is 20.6 Å². The maximum absolute atomic E-state index is 10.4. The molecule has 1 aliphatic heterocycles. The van der Waals surface area contributed by atoms with Gasteiger partial charge in [0.1, 0.15) is 6.04 Å². The van der Waals surface area contributed by atoms with E-state index in [4.69, 9.17) is 10.8 Å². The Morgan fingerprint density at radius 1 is 1.30 bits per heavy atom. The fraction of sp³-hybridized carbons (Fsp3) is 0.500. The first kappa shape index (κ1) is 19.0. The monoisotopic (exact) mass is 319 g/mol. The maximum atomic E-state index is 10.4. The molecule has 0 fully saturated rings. The van der Waals surface area contributed by atoms with E-state index in [9.17, 15) is 4.79 Å². The van der Waals surface area contributed by atoms with Crippen LogP contribution >= 0.6 is 0 Å². The van der Waals surface area contributed by atoms with Gasteiger partial charge in [-0.3, -0.25) is 4.79 Å². The van der Waals surface area contributed by atoms with Crippen LogP contribution in [-0.2, 0) is 11.2 Å². The van der Waals surface area contributed by atoms with Crippen molar-refractivity contribution in [2.75, 3.05) is 13.6 Å². The Balaban J connectivity index is 0.000000231. The Morgan fingerprint density at radius 2 is 1.96 bits per heavy atom. The number of nitrogens with zero attached hydrogens (tertiary/aromatic N) is 2. The number of hydrogen-bond acceptors (Lipinski definition) is 4. The van der Waals surface area contributed by atoms with E-state index in [1.807, 2.05) is 30.3 Å².